The van der Waals surface area contributed by atoms with E-state index in [2.05, 4.69) is 0 Å². The van der Waals surface area contributed by atoms with E-state index >= 15 is 0 Å². The average Bonchev–Trinajstić information content (AvgIpc) is 2.02. The fourth-order valence-electron chi connectivity index (χ4n) is 1.98. The minimum atomic E-state index is -0.152. The molecular weight excluding hydrogens is 165 g/mol. The number of hydrogen-bond acceptors (Lipinski definition) is 1. The highest BCUT2D eigenvalue weighted by molar-refractivity contribution is 5.33. The van der Waals surface area contributed by atoms with Gasteiger partial charge in [-0.3, -0.25) is 0 Å². The van der Waals surface area contributed by atoms with E-state index < -0.39 is 0 Å². The summed E-state index contributed by atoms with van der Waals surface area (Å²) in [7, 11) is 0. The molecule has 2 N–H and O–H groups in total. The van der Waals surface area contributed by atoms with Crippen molar-refractivity contribution in [2.75, 3.05) is 0 Å². The molecule has 1 nitrogen and oxygen atoms in total. The molecule has 0 heterocycles. The molecular formula is C11H14FN. The van der Waals surface area contributed by atoms with Crippen molar-refractivity contribution in [1.29, 1.82) is 0 Å². The van der Waals surface area contributed by atoms with Crippen molar-refractivity contribution in [2.45, 2.75) is 31.7 Å². The smallest absolute Gasteiger partial charge is 0.126 e. The molecule has 0 saturated carbocycles. The van der Waals surface area contributed by atoms with Crippen LogP contribution in [0.1, 0.15) is 24.5 Å². The number of fused-ring (bicyclic) bond motifs is 1. The van der Waals surface area contributed by atoms with Crippen LogP contribution in [-0.4, -0.2) is 5.54 Å². The Kier molecular flexibility index (Phi) is 1.88. The van der Waals surface area contributed by atoms with E-state index in [-0.39, 0.29) is 11.4 Å². The van der Waals surface area contributed by atoms with E-state index in [4.69, 9.17) is 5.73 Å². The predicted octanol–water partition coefficient (Wildman–Crippen LogP) is 2.03. The Morgan fingerprint density at radius 1 is 1.46 bits per heavy atom. The van der Waals surface area contributed by atoms with Crippen LogP contribution < -0.4 is 5.73 Å². The number of nitrogens with two attached hydrogens (primary N) is 1. The van der Waals surface area contributed by atoms with Crippen molar-refractivity contribution in [3.05, 3.63) is 35.1 Å². The lowest BCUT2D eigenvalue weighted by Crippen LogP contribution is -2.41. The molecule has 1 aliphatic carbocycles. The Morgan fingerprint density at radius 2 is 2.23 bits per heavy atom. The molecule has 0 aromatic heterocycles. The molecule has 1 aliphatic rings. The van der Waals surface area contributed by atoms with Gasteiger partial charge in [-0.2, -0.15) is 0 Å². The van der Waals surface area contributed by atoms with Gasteiger partial charge in [-0.1, -0.05) is 12.1 Å². The lowest BCUT2D eigenvalue weighted by Gasteiger charge is -2.31. The van der Waals surface area contributed by atoms with E-state index in [1.165, 1.54) is 6.07 Å². The Hall–Kier alpha value is -0.890. The van der Waals surface area contributed by atoms with Gasteiger partial charge in [0.15, 0.2) is 0 Å². The normalized spacial score (nSPS) is 27.0. The predicted molar refractivity (Wildman–Crippen MR) is 51.0 cm³/mol. The molecule has 0 fully saturated rings. The van der Waals surface area contributed by atoms with Crippen LogP contribution in [0.15, 0.2) is 18.2 Å². The second kappa shape index (κ2) is 2.81. The van der Waals surface area contributed by atoms with Gasteiger partial charge in [-0.15, -0.1) is 0 Å². The lowest BCUT2D eigenvalue weighted by atomic mass is 9.80. The molecule has 70 valence electrons. The summed E-state index contributed by atoms with van der Waals surface area (Å²) in [5, 5.41) is 0. The molecule has 1 atom stereocenters. The average molecular weight is 179 g/mol. The zero-order valence-corrected chi connectivity index (χ0v) is 7.81. The molecule has 0 radical (unpaired) electrons. The van der Waals surface area contributed by atoms with E-state index in [0.717, 1.165) is 30.4 Å². The molecule has 2 heteroatoms. The van der Waals surface area contributed by atoms with Gasteiger partial charge in [0.05, 0.1) is 0 Å². The first kappa shape index (κ1) is 8.70. The van der Waals surface area contributed by atoms with Gasteiger partial charge >= 0.3 is 0 Å². The van der Waals surface area contributed by atoms with Crippen LogP contribution in [0.25, 0.3) is 0 Å². The maximum Gasteiger partial charge on any atom is 0.126 e. The first-order chi connectivity index (χ1) is 6.08. The summed E-state index contributed by atoms with van der Waals surface area (Å²) in [6.45, 7) is 2.03. The maximum atomic E-state index is 13.3. The maximum absolute atomic E-state index is 13.3. The van der Waals surface area contributed by atoms with Gasteiger partial charge in [0, 0.05) is 5.54 Å². The highest BCUT2D eigenvalue weighted by Crippen LogP contribution is 2.28. The molecule has 1 unspecified atom stereocenters. The highest BCUT2D eigenvalue weighted by Gasteiger charge is 2.26. The fraction of sp³-hybridized carbons (Fsp3) is 0.455. The fourth-order valence-corrected chi connectivity index (χ4v) is 1.98. The third-order valence-electron chi connectivity index (χ3n) is 2.76. The second-order valence-corrected chi connectivity index (χ2v) is 4.21. The summed E-state index contributed by atoms with van der Waals surface area (Å²) < 4.78 is 13.3. The van der Waals surface area contributed by atoms with Gasteiger partial charge in [-0.05, 0) is 43.4 Å². The molecule has 0 aliphatic heterocycles. The van der Waals surface area contributed by atoms with Gasteiger partial charge in [0.25, 0.3) is 0 Å². The standard InChI is InChI=1S/C11H14FN/c1-11(13)6-5-9-8(7-11)3-2-4-10(9)12/h2-4H,5-7,13H2,1H3. The van der Waals surface area contributed by atoms with Crippen molar-refractivity contribution in [3.8, 4) is 0 Å². The van der Waals surface area contributed by atoms with E-state index in [1.807, 2.05) is 13.0 Å². The first-order valence-electron chi connectivity index (χ1n) is 4.64. The van der Waals surface area contributed by atoms with Gasteiger partial charge in [0.1, 0.15) is 5.82 Å². The molecule has 2 rings (SSSR count). The van der Waals surface area contributed by atoms with Crippen molar-refractivity contribution in [3.63, 3.8) is 0 Å². The highest BCUT2D eigenvalue weighted by atomic mass is 19.1. The van der Waals surface area contributed by atoms with Crippen molar-refractivity contribution in [2.24, 2.45) is 5.73 Å². The molecule has 0 bridgehead atoms. The number of halogens is 1. The first-order valence-corrected chi connectivity index (χ1v) is 4.64. The van der Waals surface area contributed by atoms with Gasteiger partial charge in [0.2, 0.25) is 0 Å². The minimum absolute atomic E-state index is 0.0759. The zero-order valence-electron chi connectivity index (χ0n) is 7.81. The van der Waals surface area contributed by atoms with Crippen molar-refractivity contribution >= 4 is 0 Å². The third kappa shape index (κ3) is 1.59. The Balaban J connectivity index is 2.42. The number of rotatable bonds is 0. The number of benzene rings is 1. The second-order valence-electron chi connectivity index (χ2n) is 4.21. The van der Waals surface area contributed by atoms with Crippen LogP contribution in [0.5, 0.6) is 0 Å². The van der Waals surface area contributed by atoms with Crippen LogP contribution in [-0.2, 0) is 12.8 Å². The van der Waals surface area contributed by atoms with Crippen LogP contribution in [0, 0.1) is 5.82 Å². The SMILES string of the molecule is CC1(N)CCc2c(F)cccc2C1. The zero-order chi connectivity index (χ0) is 9.47. The van der Waals surface area contributed by atoms with Crippen LogP contribution in [0.4, 0.5) is 4.39 Å². The summed E-state index contributed by atoms with van der Waals surface area (Å²) in [6, 6.07) is 5.26. The van der Waals surface area contributed by atoms with Crippen LogP contribution in [0.2, 0.25) is 0 Å². The summed E-state index contributed by atoms with van der Waals surface area (Å²) in [5.41, 5.74) is 7.81. The quantitative estimate of drug-likeness (QED) is 0.648. The topological polar surface area (TPSA) is 26.0 Å². The van der Waals surface area contributed by atoms with Crippen LogP contribution in [0.3, 0.4) is 0 Å². The van der Waals surface area contributed by atoms with E-state index in [0.29, 0.717) is 0 Å². The molecule has 0 amide bonds. The number of hydrogen-bond donors (Lipinski definition) is 1. The summed E-state index contributed by atoms with van der Waals surface area (Å²) in [6.07, 6.45) is 2.44. The summed E-state index contributed by atoms with van der Waals surface area (Å²) >= 11 is 0. The molecule has 0 spiro atoms. The monoisotopic (exact) mass is 179 g/mol. The van der Waals surface area contributed by atoms with Gasteiger partial charge in [-0.25, -0.2) is 4.39 Å². The van der Waals surface area contributed by atoms with E-state index in [9.17, 15) is 4.39 Å². The van der Waals surface area contributed by atoms with Crippen molar-refractivity contribution in [1.82, 2.24) is 0 Å². The van der Waals surface area contributed by atoms with Gasteiger partial charge < -0.3 is 5.73 Å². The minimum Gasteiger partial charge on any atom is -0.325 e. The Morgan fingerprint density at radius 3 is 3.00 bits per heavy atom. The summed E-state index contributed by atoms with van der Waals surface area (Å²) in [5.74, 6) is -0.0759. The Labute approximate surface area is 77.8 Å². The van der Waals surface area contributed by atoms with E-state index in [1.54, 1.807) is 6.07 Å². The van der Waals surface area contributed by atoms with Crippen LogP contribution >= 0.6 is 0 Å². The van der Waals surface area contributed by atoms with Crippen molar-refractivity contribution < 1.29 is 4.39 Å². The third-order valence-corrected chi connectivity index (χ3v) is 2.76. The molecule has 1 aromatic carbocycles. The Bertz CT molecular complexity index is 331. The lowest BCUT2D eigenvalue weighted by molar-refractivity contribution is 0.401. The molecule has 13 heavy (non-hydrogen) atoms. The molecule has 0 saturated heterocycles. The largest absolute Gasteiger partial charge is 0.325 e. The summed E-state index contributed by atoms with van der Waals surface area (Å²) in [4.78, 5) is 0. The molecule has 1 aromatic rings.